The summed E-state index contributed by atoms with van der Waals surface area (Å²) in [5.74, 6) is 0.857. The zero-order valence-electron chi connectivity index (χ0n) is 13.6. The molecule has 5 nitrogen and oxygen atoms in total. The lowest BCUT2D eigenvalue weighted by atomic mass is 10.1. The van der Waals surface area contributed by atoms with E-state index in [1.165, 1.54) is 0 Å². The van der Waals surface area contributed by atoms with Gasteiger partial charge in [0.25, 0.3) is 11.8 Å². The molecule has 0 fully saturated rings. The molecule has 25 heavy (non-hydrogen) atoms. The molecule has 0 bridgehead atoms. The van der Waals surface area contributed by atoms with Gasteiger partial charge in [-0.3, -0.25) is 4.79 Å². The molecular weight excluding hydrogens is 314 g/mol. The van der Waals surface area contributed by atoms with Gasteiger partial charge in [0.15, 0.2) is 5.82 Å². The molecule has 0 aliphatic heterocycles. The van der Waals surface area contributed by atoms with E-state index in [0.717, 1.165) is 22.0 Å². The first-order chi connectivity index (χ1) is 12.2. The molecule has 4 rings (SSSR count). The molecule has 1 amide bonds. The molecule has 1 N–H and O–H groups in total. The van der Waals surface area contributed by atoms with Crippen molar-refractivity contribution in [3.8, 4) is 11.5 Å². The van der Waals surface area contributed by atoms with E-state index < -0.39 is 0 Å². The molecule has 122 valence electrons. The Labute approximate surface area is 144 Å². The second-order valence-corrected chi connectivity index (χ2v) is 5.70. The van der Waals surface area contributed by atoms with Gasteiger partial charge in [0, 0.05) is 22.2 Å². The quantitative estimate of drug-likeness (QED) is 0.603. The van der Waals surface area contributed by atoms with E-state index >= 15 is 0 Å². The Morgan fingerprint density at radius 3 is 2.48 bits per heavy atom. The number of fused-ring (bicyclic) bond motifs is 1. The van der Waals surface area contributed by atoms with Gasteiger partial charge in [0.2, 0.25) is 0 Å². The number of benzene rings is 3. The summed E-state index contributed by atoms with van der Waals surface area (Å²) in [6.07, 6.45) is 0. The summed E-state index contributed by atoms with van der Waals surface area (Å²) < 4.78 is 5.13. The van der Waals surface area contributed by atoms with Crippen molar-refractivity contribution in [3.63, 3.8) is 0 Å². The van der Waals surface area contributed by atoms with Crippen LogP contribution in [-0.4, -0.2) is 16.0 Å². The van der Waals surface area contributed by atoms with Gasteiger partial charge in [-0.05, 0) is 42.6 Å². The van der Waals surface area contributed by atoms with Crippen molar-refractivity contribution in [2.45, 2.75) is 6.92 Å². The van der Waals surface area contributed by atoms with Crippen LogP contribution in [0.2, 0.25) is 0 Å². The van der Waals surface area contributed by atoms with Crippen molar-refractivity contribution >= 4 is 22.4 Å². The number of aryl methyl sites for hydroxylation is 1. The molecule has 5 heteroatoms. The van der Waals surface area contributed by atoms with Gasteiger partial charge in [0.1, 0.15) is 0 Å². The highest BCUT2D eigenvalue weighted by atomic mass is 16.5. The van der Waals surface area contributed by atoms with Crippen LogP contribution in [0.1, 0.15) is 16.2 Å². The molecule has 0 atom stereocenters. The fourth-order valence-corrected chi connectivity index (χ4v) is 2.71. The first-order valence-electron chi connectivity index (χ1n) is 7.90. The molecule has 0 unspecified atom stereocenters. The van der Waals surface area contributed by atoms with Gasteiger partial charge < -0.3 is 9.84 Å². The number of rotatable bonds is 3. The number of nitrogens with one attached hydrogen (secondary N) is 1. The molecule has 0 saturated carbocycles. The molecule has 1 heterocycles. The lowest BCUT2D eigenvalue weighted by Crippen LogP contribution is -2.12. The van der Waals surface area contributed by atoms with Gasteiger partial charge in [-0.25, -0.2) is 0 Å². The monoisotopic (exact) mass is 329 g/mol. The lowest BCUT2D eigenvalue weighted by Gasteiger charge is -2.09. The van der Waals surface area contributed by atoms with Gasteiger partial charge in [0.05, 0.1) is 0 Å². The Balaban J connectivity index is 1.58. The molecule has 3 aromatic carbocycles. The third-order valence-corrected chi connectivity index (χ3v) is 3.96. The van der Waals surface area contributed by atoms with Crippen LogP contribution in [-0.2, 0) is 0 Å². The number of anilines is 1. The number of carbonyl (C=O) groups excluding carboxylic acids is 1. The van der Waals surface area contributed by atoms with Crippen LogP contribution < -0.4 is 5.32 Å². The third kappa shape index (κ3) is 2.99. The zero-order chi connectivity index (χ0) is 17.2. The Kier molecular flexibility index (Phi) is 3.74. The predicted octanol–water partition coefficient (Wildman–Crippen LogP) is 4.45. The van der Waals surface area contributed by atoms with Crippen molar-refractivity contribution < 1.29 is 9.32 Å². The minimum atomic E-state index is -0.162. The average Bonchev–Trinajstić information content (AvgIpc) is 3.08. The van der Waals surface area contributed by atoms with E-state index in [2.05, 4.69) is 15.5 Å². The Bertz CT molecular complexity index is 1050. The van der Waals surface area contributed by atoms with Gasteiger partial charge >= 0.3 is 0 Å². The minimum absolute atomic E-state index is 0.162. The van der Waals surface area contributed by atoms with Crippen LogP contribution in [0.4, 0.5) is 5.69 Å². The Morgan fingerprint density at radius 1 is 0.960 bits per heavy atom. The highest BCUT2D eigenvalue weighted by Gasteiger charge is 2.10. The first kappa shape index (κ1) is 15.1. The Hall–Kier alpha value is -3.47. The first-order valence-corrected chi connectivity index (χ1v) is 7.90. The maximum atomic E-state index is 12.5. The summed E-state index contributed by atoms with van der Waals surface area (Å²) in [7, 11) is 0. The van der Waals surface area contributed by atoms with Crippen LogP contribution in [0.15, 0.2) is 71.3 Å². The summed E-state index contributed by atoms with van der Waals surface area (Å²) in [5.41, 5.74) is 2.13. The largest absolute Gasteiger partial charge is 0.334 e. The summed E-state index contributed by atoms with van der Waals surface area (Å²) in [5, 5.41) is 8.84. The number of hydrogen-bond donors (Lipinski definition) is 1. The highest BCUT2D eigenvalue weighted by Crippen LogP contribution is 2.24. The van der Waals surface area contributed by atoms with Crippen molar-refractivity contribution in [2.75, 3.05) is 5.32 Å². The molecule has 0 spiro atoms. The van der Waals surface area contributed by atoms with E-state index in [4.69, 9.17) is 4.52 Å². The van der Waals surface area contributed by atoms with E-state index in [9.17, 15) is 4.79 Å². The van der Waals surface area contributed by atoms with E-state index in [0.29, 0.717) is 17.3 Å². The van der Waals surface area contributed by atoms with Crippen LogP contribution in [0.5, 0.6) is 0 Å². The number of amides is 1. The highest BCUT2D eigenvalue weighted by molar-refractivity contribution is 6.09. The van der Waals surface area contributed by atoms with Crippen molar-refractivity contribution in [3.05, 3.63) is 78.1 Å². The fraction of sp³-hybridized carbons (Fsp3) is 0.0500. The second kappa shape index (κ2) is 6.20. The zero-order valence-corrected chi connectivity index (χ0v) is 13.6. The molecule has 1 aromatic heterocycles. The third-order valence-electron chi connectivity index (χ3n) is 3.96. The number of aromatic nitrogens is 2. The van der Waals surface area contributed by atoms with Gasteiger partial charge in [-0.2, -0.15) is 4.98 Å². The normalized spacial score (nSPS) is 10.8. The van der Waals surface area contributed by atoms with Crippen molar-refractivity contribution in [1.29, 1.82) is 0 Å². The van der Waals surface area contributed by atoms with Crippen molar-refractivity contribution in [1.82, 2.24) is 10.1 Å². The summed E-state index contributed by atoms with van der Waals surface area (Å²) in [4.78, 5) is 16.7. The number of nitrogens with zero attached hydrogens (tertiary/aromatic N) is 2. The molecule has 0 aliphatic carbocycles. The van der Waals surface area contributed by atoms with Crippen LogP contribution >= 0.6 is 0 Å². The average molecular weight is 329 g/mol. The second-order valence-electron chi connectivity index (χ2n) is 5.70. The molecule has 0 saturated heterocycles. The van der Waals surface area contributed by atoms with Crippen LogP contribution in [0.25, 0.3) is 22.2 Å². The summed E-state index contributed by atoms with van der Waals surface area (Å²) >= 11 is 0. The standard InChI is InChI=1S/C20H15N3O2/c1-13-21-20(25-23-13)16-11-9-15(10-12-16)19(24)22-18-8-4-6-14-5-2-3-7-17(14)18/h2-12H,1H3,(H,22,24). The van der Waals surface area contributed by atoms with E-state index in [1.807, 2.05) is 42.5 Å². The Morgan fingerprint density at radius 2 is 1.72 bits per heavy atom. The summed E-state index contributed by atoms with van der Waals surface area (Å²) in [6, 6.07) is 20.9. The molecular formula is C20H15N3O2. The van der Waals surface area contributed by atoms with E-state index in [-0.39, 0.29) is 5.91 Å². The minimum Gasteiger partial charge on any atom is -0.334 e. The van der Waals surface area contributed by atoms with Crippen LogP contribution in [0.3, 0.4) is 0 Å². The van der Waals surface area contributed by atoms with E-state index in [1.54, 1.807) is 31.2 Å². The lowest BCUT2D eigenvalue weighted by molar-refractivity contribution is 0.102. The maximum absolute atomic E-state index is 12.5. The maximum Gasteiger partial charge on any atom is 0.257 e. The van der Waals surface area contributed by atoms with Crippen molar-refractivity contribution in [2.24, 2.45) is 0 Å². The van der Waals surface area contributed by atoms with Crippen LogP contribution in [0, 0.1) is 6.92 Å². The molecule has 0 aliphatic rings. The number of carbonyl (C=O) groups is 1. The fourth-order valence-electron chi connectivity index (χ4n) is 2.71. The van der Waals surface area contributed by atoms with Gasteiger partial charge in [-0.15, -0.1) is 0 Å². The summed E-state index contributed by atoms with van der Waals surface area (Å²) in [6.45, 7) is 1.76. The molecule has 0 radical (unpaired) electrons. The van der Waals surface area contributed by atoms with Gasteiger partial charge in [-0.1, -0.05) is 41.6 Å². The smallest absolute Gasteiger partial charge is 0.257 e. The number of hydrogen-bond acceptors (Lipinski definition) is 4. The molecule has 4 aromatic rings. The predicted molar refractivity (Wildman–Crippen MR) is 96.4 cm³/mol. The SMILES string of the molecule is Cc1noc(-c2ccc(C(=O)Nc3cccc4ccccc34)cc2)n1. The topological polar surface area (TPSA) is 68.0 Å².